The van der Waals surface area contributed by atoms with Gasteiger partial charge in [0.1, 0.15) is 0 Å². The van der Waals surface area contributed by atoms with Gasteiger partial charge in [0.2, 0.25) is 5.91 Å². The molecule has 1 heterocycles. The molecule has 2 atom stereocenters. The zero-order valence-electron chi connectivity index (χ0n) is 10.6. The second-order valence-electron chi connectivity index (χ2n) is 4.78. The lowest BCUT2D eigenvalue weighted by atomic mass is 9.90. The third-order valence-corrected chi connectivity index (χ3v) is 3.35. The molecule has 3 N–H and O–H groups in total. The molecule has 1 aromatic carbocycles. The lowest BCUT2D eigenvalue weighted by molar-refractivity contribution is -0.123. The molecule has 0 aliphatic carbocycles. The van der Waals surface area contributed by atoms with E-state index in [2.05, 4.69) is 10.6 Å². The van der Waals surface area contributed by atoms with Gasteiger partial charge < -0.3 is 15.7 Å². The number of amides is 1. The molecule has 98 valence electrons. The molecule has 4 nitrogen and oxygen atoms in total. The van der Waals surface area contributed by atoms with Crippen LogP contribution in [0.3, 0.4) is 0 Å². The van der Waals surface area contributed by atoms with Crippen LogP contribution in [0, 0.1) is 0 Å². The number of hydrogen-bond donors (Lipinski definition) is 3. The van der Waals surface area contributed by atoms with Crippen LogP contribution in [0.25, 0.3) is 0 Å². The minimum absolute atomic E-state index is 0.0181. The summed E-state index contributed by atoms with van der Waals surface area (Å²) >= 11 is 0. The van der Waals surface area contributed by atoms with Crippen molar-refractivity contribution in [1.82, 2.24) is 5.32 Å². The summed E-state index contributed by atoms with van der Waals surface area (Å²) in [6.45, 7) is 2.84. The largest absolute Gasteiger partial charge is 0.396 e. The Hall–Kier alpha value is -1.55. The number of hydrogen-bond acceptors (Lipinski definition) is 3. The van der Waals surface area contributed by atoms with Crippen molar-refractivity contribution < 1.29 is 9.90 Å². The van der Waals surface area contributed by atoms with Crippen molar-refractivity contribution in [3.63, 3.8) is 0 Å². The van der Waals surface area contributed by atoms with E-state index in [4.69, 9.17) is 5.11 Å². The summed E-state index contributed by atoms with van der Waals surface area (Å²) in [5.41, 5.74) is 2.12. The van der Waals surface area contributed by atoms with E-state index in [1.165, 1.54) is 0 Å². The summed E-state index contributed by atoms with van der Waals surface area (Å²) in [6, 6.07) is 7.96. The topological polar surface area (TPSA) is 61.4 Å². The summed E-state index contributed by atoms with van der Waals surface area (Å²) in [5, 5.41) is 15.1. The Morgan fingerprint density at radius 2 is 2.33 bits per heavy atom. The average molecular weight is 248 g/mol. The Kier molecular flexibility index (Phi) is 4.20. The van der Waals surface area contributed by atoms with Crippen LogP contribution in [0.4, 0.5) is 5.69 Å². The summed E-state index contributed by atoms with van der Waals surface area (Å²) in [4.78, 5) is 12.2. The molecule has 0 radical (unpaired) electrons. The van der Waals surface area contributed by atoms with Crippen LogP contribution in [0.15, 0.2) is 24.3 Å². The maximum atomic E-state index is 12.2. The van der Waals surface area contributed by atoms with Crippen LogP contribution in [-0.2, 0) is 4.79 Å². The van der Waals surface area contributed by atoms with Crippen molar-refractivity contribution in [3.05, 3.63) is 29.8 Å². The normalized spacial score (nSPS) is 19.6. The first-order chi connectivity index (χ1) is 8.72. The molecule has 2 rings (SSSR count). The number of aliphatic hydroxyl groups excluding tert-OH is 1. The van der Waals surface area contributed by atoms with Gasteiger partial charge in [0.25, 0.3) is 0 Å². The molecule has 0 spiro atoms. The molecule has 1 aromatic rings. The van der Waals surface area contributed by atoms with Crippen molar-refractivity contribution in [2.45, 2.75) is 31.7 Å². The van der Waals surface area contributed by atoms with Gasteiger partial charge in [-0.05, 0) is 31.4 Å². The van der Waals surface area contributed by atoms with Crippen molar-refractivity contribution in [3.8, 4) is 0 Å². The zero-order valence-corrected chi connectivity index (χ0v) is 10.6. The number of carbonyl (C=O) groups is 1. The highest BCUT2D eigenvalue weighted by molar-refractivity contribution is 5.86. The Bertz CT molecular complexity index is 420. The van der Waals surface area contributed by atoms with Crippen LogP contribution < -0.4 is 10.6 Å². The number of para-hydroxylation sites is 1. The average Bonchev–Trinajstić information content (AvgIpc) is 2.38. The molecule has 4 heteroatoms. The number of benzene rings is 1. The van der Waals surface area contributed by atoms with E-state index in [1.807, 2.05) is 31.2 Å². The second-order valence-corrected chi connectivity index (χ2v) is 4.78. The van der Waals surface area contributed by atoms with Gasteiger partial charge in [-0.1, -0.05) is 18.2 Å². The van der Waals surface area contributed by atoms with E-state index in [9.17, 15) is 4.79 Å². The van der Waals surface area contributed by atoms with Gasteiger partial charge >= 0.3 is 0 Å². The standard InChI is InChI=1S/C14H20N2O2/c1-10(7-9-17)16-14(18)12-6-8-15-13-5-3-2-4-11(12)13/h2-5,10,12,15,17H,6-9H2,1H3,(H,16,18). The molecular formula is C14H20N2O2. The van der Waals surface area contributed by atoms with Crippen LogP contribution in [0.2, 0.25) is 0 Å². The van der Waals surface area contributed by atoms with E-state index in [0.717, 1.165) is 24.2 Å². The molecule has 1 aliphatic rings. The number of rotatable bonds is 4. The van der Waals surface area contributed by atoms with Crippen LogP contribution >= 0.6 is 0 Å². The first kappa shape index (κ1) is 12.9. The second kappa shape index (κ2) is 5.87. The predicted octanol–water partition coefficient (Wildman–Crippen LogP) is 1.47. The van der Waals surface area contributed by atoms with Crippen LogP contribution in [0.5, 0.6) is 0 Å². The SMILES string of the molecule is CC(CCO)NC(=O)C1CCNc2ccccc21. The first-order valence-corrected chi connectivity index (χ1v) is 6.46. The maximum absolute atomic E-state index is 12.2. The minimum Gasteiger partial charge on any atom is -0.396 e. The van der Waals surface area contributed by atoms with Crippen molar-refractivity contribution in [1.29, 1.82) is 0 Å². The van der Waals surface area contributed by atoms with Gasteiger partial charge in [-0.15, -0.1) is 0 Å². The number of carbonyl (C=O) groups excluding carboxylic acids is 1. The highest BCUT2D eigenvalue weighted by atomic mass is 16.3. The van der Waals surface area contributed by atoms with E-state index < -0.39 is 0 Å². The van der Waals surface area contributed by atoms with Crippen LogP contribution in [0.1, 0.15) is 31.2 Å². The summed E-state index contributed by atoms with van der Waals surface area (Å²) in [7, 11) is 0. The fourth-order valence-electron chi connectivity index (χ4n) is 2.35. The molecular weight excluding hydrogens is 228 g/mol. The highest BCUT2D eigenvalue weighted by Gasteiger charge is 2.26. The maximum Gasteiger partial charge on any atom is 0.227 e. The van der Waals surface area contributed by atoms with Crippen molar-refractivity contribution in [2.75, 3.05) is 18.5 Å². The third-order valence-electron chi connectivity index (χ3n) is 3.35. The lowest BCUT2D eigenvalue weighted by Crippen LogP contribution is -2.38. The van der Waals surface area contributed by atoms with E-state index >= 15 is 0 Å². The summed E-state index contributed by atoms with van der Waals surface area (Å²) in [5.74, 6) is -0.0199. The molecule has 2 unspecified atom stereocenters. The monoisotopic (exact) mass is 248 g/mol. The molecule has 0 aromatic heterocycles. The van der Waals surface area contributed by atoms with E-state index in [-0.39, 0.29) is 24.5 Å². The Morgan fingerprint density at radius 3 is 3.11 bits per heavy atom. The summed E-state index contributed by atoms with van der Waals surface area (Å²) in [6.07, 6.45) is 1.41. The zero-order chi connectivity index (χ0) is 13.0. The van der Waals surface area contributed by atoms with Crippen LogP contribution in [-0.4, -0.2) is 30.2 Å². The summed E-state index contributed by atoms with van der Waals surface area (Å²) < 4.78 is 0. The highest BCUT2D eigenvalue weighted by Crippen LogP contribution is 2.31. The van der Waals surface area contributed by atoms with Gasteiger partial charge in [-0.2, -0.15) is 0 Å². The van der Waals surface area contributed by atoms with E-state index in [0.29, 0.717) is 6.42 Å². The molecule has 0 saturated heterocycles. The van der Waals surface area contributed by atoms with Gasteiger partial charge in [0.05, 0.1) is 5.92 Å². The molecule has 0 bridgehead atoms. The quantitative estimate of drug-likeness (QED) is 0.756. The van der Waals surface area contributed by atoms with Gasteiger partial charge in [-0.25, -0.2) is 0 Å². The lowest BCUT2D eigenvalue weighted by Gasteiger charge is -2.27. The smallest absolute Gasteiger partial charge is 0.227 e. The number of aliphatic hydroxyl groups is 1. The fourth-order valence-corrected chi connectivity index (χ4v) is 2.35. The third kappa shape index (κ3) is 2.82. The molecule has 18 heavy (non-hydrogen) atoms. The number of fused-ring (bicyclic) bond motifs is 1. The van der Waals surface area contributed by atoms with Gasteiger partial charge in [-0.3, -0.25) is 4.79 Å². The number of anilines is 1. The Labute approximate surface area is 107 Å². The molecule has 1 amide bonds. The van der Waals surface area contributed by atoms with Crippen molar-refractivity contribution >= 4 is 11.6 Å². The predicted molar refractivity (Wildman–Crippen MR) is 71.6 cm³/mol. The minimum atomic E-state index is -0.0800. The molecule has 0 saturated carbocycles. The Balaban J connectivity index is 2.08. The van der Waals surface area contributed by atoms with E-state index in [1.54, 1.807) is 0 Å². The first-order valence-electron chi connectivity index (χ1n) is 6.46. The van der Waals surface area contributed by atoms with Gasteiger partial charge in [0.15, 0.2) is 0 Å². The molecule has 0 fully saturated rings. The fraction of sp³-hybridized carbons (Fsp3) is 0.500. The van der Waals surface area contributed by atoms with Crippen molar-refractivity contribution in [2.24, 2.45) is 0 Å². The van der Waals surface area contributed by atoms with Gasteiger partial charge in [0, 0.05) is 24.9 Å². The molecule has 1 aliphatic heterocycles. The number of nitrogens with one attached hydrogen (secondary N) is 2. The Morgan fingerprint density at radius 1 is 1.56 bits per heavy atom.